The van der Waals surface area contributed by atoms with Gasteiger partial charge in [0.25, 0.3) is 0 Å². The van der Waals surface area contributed by atoms with E-state index in [4.69, 9.17) is 0 Å². The van der Waals surface area contributed by atoms with Crippen molar-refractivity contribution in [2.24, 2.45) is 0 Å². The van der Waals surface area contributed by atoms with Crippen molar-refractivity contribution >= 4 is 27.6 Å². The van der Waals surface area contributed by atoms with E-state index in [1.807, 2.05) is 36.8 Å². The topological polar surface area (TPSA) is 95.2 Å². The number of nitrogens with one attached hydrogen (secondary N) is 3. The van der Waals surface area contributed by atoms with Gasteiger partial charge in [-0.05, 0) is 44.2 Å². The van der Waals surface area contributed by atoms with Gasteiger partial charge in [-0.3, -0.25) is 15.1 Å². The quantitative estimate of drug-likeness (QED) is 0.437. The molecule has 5 aromatic heterocycles. The summed E-state index contributed by atoms with van der Waals surface area (Å²) in [5, 5.41) is 13.0. The number of fused-ring (bicyclic) bond motifs is 2. The fourth-order valence-corrected chi connectivity index (χ4v) is 3.36. The van der Waals surface area contributed by atoms with Crippen molar-refractivity contribution in [3.05, 3.63) is 55.1 Å². The molecule has 0 saturated heterocycles. The van der Waals surface area contributed by atoms with Crippen LogP contribution in [-0.4, -0.2) is 36.2 Å². The molecule has 5 heterocycles. The monoisotopic (exact) mass is 369 g/mol. The second-order valence-corrected chi connectivity index (χ2v) is 7.07. The molecule has 0 bridgehead atoms. The normalized spacial score (nSPS) is 11.5. The zero-order valence-electron chi connectivity index (χ0n) is 15.6. The first-order valence-corrected chi connectivity index (χ1v) is 9.17. The number of hydrogen-bond donors (Lipinski definition) is 3. The highest BCUT2D eigenvalue weighted by molar-refractivity contribution is 5.96. The summed E-state index contributed by atoms with van der Waals surface area (Å²) in [5.41, 5.74) is 6.28. The van der Waals surface area contributed by atoms with Gasteiger partial charge in [-0.25, -0.2) is 4.98 Å². The van der Waals surface area contributed by atoms with Gasteiger partial charge in [0, 0.05) is 41.0 Å². The van der Waals surface area contributed by atoms with Crippen molar-refractivity contribution in [1.29, 1.82) is 0 Å². The molecular weight excluding hydrogens is 350 g/mol. The minimum atomic E-state index is 0.337. The first-order valence-electron chi connectivity index (χ1n) is 9.17. The zero-order chi connectivity index (χ0) is 19.1. The van der Waals surface area contributed by atoms with Crippen LogP contribution in [0.1, 0.15) is 13.8 Å². The van der Waals surface area contributed by atoms with Crippen LogP contribution in [-0.2, 0) is 0 Å². The van der Waals surface area contributed by atoms with E-state index in [2.05, 4.69) is 61.4 Å². The average Bonchev–Trinajstić information content (AvgIpc) is 3.30. The van der Waals surface area contributed by atoms with Crippen molar-refractivity contribution in [1.82, 2.24) is 30.1 Å². The molecule has 0 aromatic carbocycles. The van der Waals surface area contributed by atoms with Gasteiger partial charge in [-0.2, -0.15) is 5.10 Å². The van der Waals surface area contributed by atoms with Crippen LogP contribution in [0, 0.1) is 0 Å². The van der Waals surface area contributed by atoms with Gasteiger partial charge < -0.3 is 10.3 Å². The molecule has 0 radical (unpaired) electrons. The summed E-state index contributed by atoms with van der Waals surface area (Å²) < 4.78 is 0. The lowest BCUT2D eigenvalue weighted by atomic mass is 10.1. The Morgan fingerprint density at radius 1 is 1.04 bits per heavy atom. The van der Waals surface area contributed by atoms with Crippen LogP contribution in [0.15, 0.2) is 55.1 Å². The second kappa shape index (κ2) is 6.45. The van der Waals surface area contributed by atoms with E-state index in [9.17, 15) is 0 Å². The van der Waals surface area contributed by atoms with E-state index < -0.39 is 0 Å². The minimum Gasteiger partial charge on any atom is -0.382 e. The minimum absolute atomic E-state index is 0.337. The third-order valence-electron chi connectivity index (χ3n) is 4.58. The van der Waals surface area contributed by atoms with Crippen molar-refractivity contribution in [2.45, 2.75) is 19.9 Å². The summed E-state index contributed by atoms with van der Waals surface area (Å²) in [4.78, 5) is 16.6. The van der Waals surface area contributed by atoms with Crippen LogP contribution < -0.4 is 5.32 Å². The fourth-order valence-electron chi connectivity index (χ4n) is 3.36. The summed E-state index contributed by atoms with van der Waals surface area (Å²) in [6.07, 6.45) is 7.23. The third-order valence-corrected chi connectivity index (χ3v) is 4.58. The van der Waals surface area contributed by atoms with E-state index in [0.717, 1.165) is 50.3 Å². The Morgan fingerprint density at radius 2 is 1.96 bits per heavy atom. The van der Waals surface area contributed by atoms with Gasteiger partial charge in [0.05, 0.1) is 28.8 Å². The van der Waals surface area contributed by atoms with Crippen molar-refractivity contribution < 1.29 is 0 Å². The number of nitrogens with zero attached hydrogens (tertiary/aromatic N) is 4. The average molecular weight is 369 g/mol. The first-order chi connectivity index (χ1) is 13.7. The Hall–Kier alpha value is -3.74. The van der Waals surface area contributed by atoms with Crippen molar-refractivity contribution in [3.8, 4) is 22.6 Å². The second-order valence-electron chi connectivity index (χ2n) is 7.07. The highest BCUT2D eigenvalue weighted by atomic mass is 15.1. The Labute approximate surface area is 161 Å². The maximum Gasteiger partial charge on any atom is 0.137 e. The Kier molecular flexibility index (Phi) is 3.79. The van der Waals surface area contributed by atoms with Crippen LogP contribution >= 0.6 is 0 Å². The molecule has 5 rings (SSSR count). The summed E-state index contributed by atoms with van der Waals surface area (Å²) >= 11 is 0. The zero-order valence-corrected chi connectivity index (χ0v) is 15.6. The highest BCUT2D eigenvalue weighted by Crippen LogP contribution is 2.30. The van der Waals surface area contributed by atoms with E-state index >= 15 is 0 Å². The number of aromatic nitrogens is 6. The number of pyridine rings is 3. The molecule has 0 unspecified atom stereocenters. The SMILES string of the molecule is CC(C)Nc1cncc(-c2cc3c(-c4cc5cccnc5[nH]4)n[nH]c3cn2)c1. The van der Waals surface area contributed by atoms with Crippen LogP contribution in [0.4, 0.5) is 5.69 Å². The van der Waals surface area contributed by atoms with Crippen LogP contribution in [0.25, 0.3) is 44.6 Å². The molecule has 5 aromatic rings. The van der Waals surface area contributed by atoms with E-state index in [0.29, 0.717) is 6.04 Å². The van der Waals surface area contributed by atoms with Gasteiger partial charge in [0.15, 0.2) is 0 Å². The molecule has 0 fully saturated rings. The van der Waals surface area contributed by atoms with Gasteiger partial charge in [0.1, 0.15) is 11.3 Å². The third kappa shape index (κ3) is 2.87. The molecule has 0 aliphatic carbocycles. The maximum atomic E-state index is 4.59. The number of anilines is 1. The first kappa shape index (κ1) is 16.4. The van der Waals surface area contributed by atoms with Crippen molar-refractivity contribution in [3.63, 3.8) is 0 Å². The molecule has 0 aliphatic heterocycles. The van der Waals surface area contributed by atoms with Crippen LogP contribution in [0.2, 0.25) is 0 Å². The molecule has 7 heteroatoms. The Bertz CT molecular complexity index is 1250. The van der Waals surface area contributed by atoms with E-state index in [1.54, 1.807) is 6.20 Å². The van der Waals surface area contributed by atoms with Crippen LogP contribution in [0.5, 0.6) is 0 Å². The van der Waals surface area contributed by atoms with Gasteiger partial charge >= 0.3 is 0 Å². The molecule has 0 saturated carbocycles. The number of aromatic amines is 2. The number of hydrogen-bond acceptors (Lipinski definition) is 5. The molecule has 0 atom stereocenters. The number of rotatable bonds is 4. The molecule has 7 nitrogen and oxygen atoms in total. The van der Waals surface area contributed by atoms with Crippen LogP contribution in [0.3, 0.4) is 0 Å². The number of H-pyrrole nitrogens is 2. The fraction of sp³-hybridized carbons (Fsp3) is 0.143. The summed E-state index contributed by atoms with van der Waals surface area (Å²) in [6, 6.07) is 10.5. The lowest BCUT2D eigenvalue weighted by Gasteiger charge is -2.10. The summed E-state index contributed by atoms with van der Waals surface area (Å²) in [6.45, 7) is 4.20. The van der Waals surface area contributed by atoms with Gasteiger partial charge in [-0.15, -0.1) is 0 Å². The smallest absolute Gasteiger partial charge is 0.137 e. The molecule has 0 amide bonds. The molecule has 28 heavy (non-hydrogen) atoms. The summed E-state index contributed by atoms with van der Waals surface area (Å²) in [5.74, 6) is 0. The van der Waals surface area contributed by atoms with Gasteiger partial charge in [-0.1, -0.05) is 0 Å². The molecule has 0 aliphatic rings. The Morgan fingerprint density at radius 3 is 2.82 bits per heavy atom. The lowest BCUT2D eigenvalue weighted by Crippen LogP contribution is -2.09. The van der Waals surface area contributed by atoms with E-state index in [-0.39, 0.29) is 0 Å². The highest BCUT2D eigenvalue weighted by Gasteiger charge is 2.13. The predicted octanol–water partition coefficient (Wildman–Crippen LogP) is 4.38. The van der Waals surface area contributed by atoms with Crippen molar-refractivity contribution in [2.75, 3.05) is 5.32 Å². The predicted molar refractivity (Wildman–Crippen MR) is 111 cm³/mol. The standard InChI is InChI=1S/C21H19N7/c1-12(2)25-15-6-14(9-22-10-15)17-8-16-19(11-24-17)27-28-20(16)18-7-13-4-3-5-23-21(13)26-18/h3-12,25H,1-2H3,(H,23,26)(H,27,28). The molecule has 0 spiro atoms. The van der Waals surface area contributed by atoms with E-state index in [1.165, 1.54) is 0 Å². The molecule has 3 N–H and O–H groups in total. The van der Waals surface area contributed by atoms with Gasteiger partial charge in [0.2, 0.25) is 0 Å². The maximum absolute atomic E-state index is 4.59. The lowest BCUT2D eigenvalue weighted by molar-refractivity contribution is 0.898. The summed E-state index contributed by atoms with van der Waals surface area (Å²) in [7, 11) is 0. The largest absolute Gasteiger partial charge is 0.382 e. The molecular formula is C21H19N7. The molecule has 138 valence electrons. The Balaban J connectivity index is 1.60.